The van der Waals surface area contributed by atoms with Gasteiger partial charge in [-0.1, -0.05) is 103 Å². The maximum atomic E-state index is 14.1. The molecule has 0 saturated heterocycles. The molecule has 43 heavy (non-hydrogen) atoms. The van der Waals surface area contributed by atoms with Crippen molar-refractivity contribution in [2.45, 2.75) is 64.6 Å². The first kappa shape index (κ1) is 31.7. The molecule has 1 atom stereocenters. The average molecular weight is 597 g/mol. The van der Waals surface area contributed by atoms with E-state index in [0.717, 1.165) is 33.4 Å². The minimum Gasteiger partial charge on any atom is -0.444 e. The summed E-state index contributed by atoms with van der Waals surface area (Å²) < 4.78 is 36.6. The zero-order valence-electron chi connectivity index (χ0n) is 25.6. The molecule has 0 spiro atoms. The van der Waals surface area contributed by atoms with Gasteiger partial charge < -0.3 is 10.1 Å². The van der Waals surface area contributed by atoms with Gasteiger partial charge in [0.25, 0.3) is 0 Å². The molecule has 4 rings (SSSR count). The van der Waals surface area contributed by atoms with E-state index in [4.69, 9.17) is 4.74 Å². The molecular weight excluding hydrogens is 556 g/mol. The molecule has 0 aliphatic rings. The fraction of sp³-hybridized carbons (Fsp3) is 0.250. The monoisotopic (exact) mass is 596 g/mol. The van der Waals surface area contributed by atoms with Crippen molar-refractivity contribution in [1.82, 2.24) is 10.0 Å². The Labute approximate surface area is 255 Å². The van der Waals surface area contributed by atoms with Crippen LogP contribution in [-0.2, 0) is 21.3 Å². The smallest absolute Gasteiger partial charge is 0.407 e. The molecule has 0 radical (unpaired) electrons. The molecule has 2 N–H and O–H groups in total. The molecule has 0 aliphatic carbocycles. The van der Waals surface area contributed by atoms with Gasteiger partial charge in [-0.3, -0.25) is 0 Å². The van der Waals surface area contributed by atoms with E-state index in [9.17, 15) is 13.2 Å². The number of rotatable bonds is 9. The van der Waals surface area contributed by atoms with E-state index in [1.807, 2.05) is 145 Å². The largest absolute Gasteiger partial charge is 0.444 e. The lowest BCUT2D eigenvalue weighted by Crippen LogP contribution is -2.32. The van der Waals surface area contributed by atoms with Crippen LogP contribution in [0.2, 0.25) is 0 Å². The molecule has 0 saturated carbocycles. The summed E-state index contributed by atoms with van der Waals surface area (Å²) in [6.07, 6.45) is 1.53. The molecule has 6 nitrogen and oxygen atoms in total. The summed E-state index contributed by atoms with van der Waals surface area (Å²) in [6, 6.07) is 30.3. The minimum absolute atomic E-state index is 0.277. The van der Waals surface area contributed by atoms with Crippen molar-refractivity contribution < 1.29 is 17.9 Å². The second-order valence-electron chi connectivity index (χ2n) is 11.8. The Balaban J connectivity index is 1.78. The van der Waals surface area contributed by atoms with Gasteiger partial charge in [-0.2, -0.15) is 4.72 Å². The quantitative estimate of drug-likeness (QED) is 0.192. The summed E-state index contributed by atoms with van der Waals surface area (Å²) in [4.78, 5) is 12.5. The molecule has 7 heteroatoms. The van der Waals surface area contributed by atoms with Gasteiger partial charge in [-0.25, -0.2) is 13.2 Å². The number of alkyl carbamates (subject to hydrolysis) is 1. The van der Waals surface area contributed by atoms with Crippen LogP contribution in [0.25, 0.3) is 11.6 Å². The SMILES string of the molecule is Cc1cc(C)c(S(=O)(=O)NC(/C(=C/c2ccccc2)c2ccccc2)c2ccc(CNC(=O)OC(C)(C)C)cc2)c(C)c1. The third kappa shape index (κ3) is 8.66. The Morgan fingerprint density at radius 3 is 1.95 bits per heavy atom. The van der Waals surface area contributed by atoms with Gasteiger partial charge in [-0.05, 0) is 86.6 Å². The second-order valence-corrected chi connectivity index (χ2v) is 13.4. The van der Waals surface area contributed by atoms with Crippen LogP contribution in [0.15, 0.2) is 102 Å². The van der Waals surface area contributed by atoms with Crippen molar-refractivity contribution >= 4 is 27.8 Å². The Bertz CT molecular complexity index is 1670. The summed E-state index contributed by atoms with van der Waals surface area (Å²) in [7, 11) is -3.94. The predicted molar refractivity (Wildman–Crippen MR) is 174 cm³/mol. The van der Waals surface area contributed by atoms with E-state index < -0.39 is 27.8 Å². The molecule has 0 fully saturated rings. The molecule has 1 unspecified atom stereocenters. The third-order valence-corrected chi connectivity index (χ3v) is 8.56. The van der Waals surface area contributed by atoms with Crippen molar-refractivity contribution in [3.8, 4) is 0 Å². The Morgan fingerprint density at radius 2 is 1.40 bits per heavy atom. The number of hydrogen-bond donors (Lipinski definition) is 2. The molecule has 0 aliphatic heterocycles. The Morgan fingerprint density at radius 1 is 0.837 bits per heavy atom. The first-order valence-corrected chi connectivity index (χ1v) is 15.8. The average Bonchev–Trinajstić information content (AvgIpc) is 2.93. The fourth-order valence-corrected chi connectivity index (χ4v) is 6.78. The summed E-state index contributed by atoms with van der Waals surface area (Å²) in [5, 5.41) is 2.78. The van der Waals surface area contributed by atoms with E-state index in [1.54, 1.807) is 0 Å². The predicted octanol–water partition coefficient (Wildman–Crippen LogP) is 7.90. The second kappa shape index (κ2) is 13.4. The van der Waals surface area contributed by atoms with Crippen LogP contribution < -0.4 is 10.0 Å². The lowest BCUT2D eigenvalue weighted by Gasteiger charge is -2.25. The maximum absolute atomic E-state index is 14.1. The molecule has 224 valence electrons. The fourth-order valence-electron chi connectivity index (χ4n) is 5.12. The summed E-state index contributed by atoms with van der Waals surface area (Å²) in [6.45, 7) is 11.3. The van der Waals surface area contributed by atoms with Crippen LogP contribution in [0, 0.1) is 20.8 Å². The number of sulfonamides is 1. The van der Waals surface area contributed by atoms with E-state index in [0.29, 0.717) is 11.1 Å². The number of amides is 1. The van der Waals surface area contributed by atoms with Gasteiger partial charge in [0.1, 0.15) is 5.60 Å². The third-order valence-electron chi connectivity index (χ3n) is 6.84. The first-order chi connectivity index (χ1) is 20.3. The van der Waals surface area contributed by atoms with Crippen molar-refractivity contribution in [2.24, 2.45) is 0 Å². The van der Waals surface area contributed by atoms with E-state index >= 15 is 0 Å². The molecule has 4 aromatic carbocycles. The van der Waals surface area contributed by atoms with Gasteiger partial charge in [0.2, 0.25) is 10.0 Å². The van der Waals surface area contributed by atoms with Gasteiger partial charge in [0, 0.05) is 6.54 Å². The molecule has 0 heterocycles. The van der Waals surface area contributed by atoms with Crippen LogP contribution in [-0.4, -0.2) is 20.1 Å². The summed E-state index contributed by atoms with van der Waals surface area (Å²) in [5.41, 5.74) is 6.07. The lowest BCUT2D eigenvalue weighted by atomic mass is 9.91. The maximum Gasteiger partial charge on any atom is 0.407 e. The highest BCUT2D eigenvalue weighted by Gasteiger charge is 2.28. The summed E-state index contributed by atoms with van der Waals surface area (Å²) in [5.74, 6) is 0. The number of nitrogens with one attached hydrogen (secondary N) is 2. The number of benzene rings is 4. The van der Waals surface area contributed by atoms with E-state index in [2.05, 4.69) is 10.0 Å². The van der Waals surface area contributed by atoms with Crippen LogP contribution >= 0.6 is 0 Å². The standard InChI is InChI=1S/C36H40N2O4S/c1-25-21-26(2)34(27(3)22-25)43(40,41)38-33(31-19-17-29(18-20-31)24-37-35(39)42-36(4,5)6)32(30-15-11-8-12-16-30)23-28-13-9-7-10-14-28/h7-23,33,38H,24H2,1-6H3,(H,37,39)/b32-23+. The number of aryl methyl sites for hydroxylation is 3. The molecule has 1 amide bonds. The molecule has 4 aromatic rings. The molecule has 0 aromatic heterocycles. The lowest BCUT2D eigenvalue weighted by molar-refractivity contribution is 0.0523. The number of carbonyl (C=O) groups is 1. The van der Waals surface area contributed by atoms with E-state index in [1.165, 1.54) is 0 Å². The molecule has 0 bridgehead atoms. The zero-order valence-corrected chi connectivity index (χ0v) is 26.5. The van der Waals surface area contributed by atoms with Crippen LogP contribution in [0.1, 0.15) is 65.8 Å². The van der Waals surface area contributed by atoms with Gasteiger partial charge >= 0.3 is 6.09 Å². The normalized spacial score (nSPS) is 12.9. The van der Waals surface area contributed by atoms with Crippen molar-refractivity contribution in [3.63, 3.8) is 0 Å². The number of ether oxygens (including phenoxy) is 1. The topological polar surface area (TPSA) is 84.5 Å². The number of carbonyl (C=O) groups excluding carboxylic acids is 1. The van der Waals surface area contributed by atoms with Crippen molar-refractivity contribution in [2.75, 3.05) is 0 Å². The first-order valence-electron chi connectivity index (χ1n) is 14.3. The van der Waals surface area contributed by atoms with Gasteiger partial charge in [0.15, 0.2) is 0 Å². The molecular formula is C36H40N2O4S. The van der Waals surface area contributed by atoms with Crippen molar-refractivity contribution in [3.05, 3.63) is 136 Å². The highest BCUT2D eigenvalue weighted by molar-refractivity contribution is 7.89. The van der Waals surface area contributed by atoms with Gasteiger partial charge in [0.05, 0.1) is 10.9 Å². The Hall–Kier alpha value is -4.20. The Kier molecular flexibility index (Phi) is 9.89. The van der Waals surface area contributed by atoms with Crippen LogP contribution in [0.5, 0.6) is 0 Å². The minimum atomic E-state index is -3.94. The highest BCUT2D eigenvalue weighted by Crippen LogP contribution is 2.35. The van der Waals surface area contributed by atoms with Gasteiger partial charge in [-0.15, -0.1) is 0 Å². The van der Waals surface area contributed by atoms with Crippen molar-refractivity contribution in [1.29, 1.82) is 0 Å². The number of hydrogen-bond acceptors (Lipinski definition) is 4. The van der Waals surface area contributed by atoms with Crippen LogP contribution in [0.3, 0.4) is 0 Å². The summed E-state index contributed by atoms with van der Waals surface area (Å²) >= 11 is 0. The van der Waals surface area contributed by atoms with Crippen LogP contribution in [0.4, 0.5) is 4.79 Å². The highest BCUT2D eigenvalue weighted by atomic mass is 32.2. The van der Waals surface area contributed by atoms with E-state index in [-0.39, 0.29) is 11.4 Å². The zero-order chi connectivity index (χ0) is 31.2.